The Balaban J connectivity index is 1.88. The number of carbonyl (C=O) groups excluding carboxylic acids is 1. The molecule has 0 unspecified atom stereocenters. The minimum Gasteiger partial charge on any atom is -0.497 e. The fourth-order valence-corrected chi connectivity index (χ4v) is 4.91. The van der Waals surface area contributed by atoms with Gasteiger partial charge < -0.3 is 14.2 Å². The second-order valence-corrected chi connectivity index (χ2v) is 8.73. The lowest BCUT2D eigenvalue weighted by molar-refractivity contribution is -0.139. The highest BCUT2D eigenvalue weighted by Gasteiger charge is 2.30. The van der Waals surface area contributed by atoms with E-state index in [0.29, 0.717) is 32.1 Å². The largest absolute Gasteiger partial charge is 0.497 e. The number of hydrogen-bond donors (Lipinski definition) is 0. The molecular weight excluding hydrogens is 464 g/mol. The number of fused-ring (bicyclic) bond motifs is 1. The van der Waals surface area contributed by atoms with E-state index in [9.17, 15) is 9.59 Å². The van der Waals surface area contributed by atoms with Gasteiger partial charge in [-0.2, -0.15) is 0 Å². The van der Waals surface area contributed by atoms with Gasteiger partial charge in [0.1, 0.15) is 11.5 Å². The Morgan fingerprint density at radius 3 is 2.60 bits per heavy atom. The normalized spacial score (nSPS) is 15.7. The number of esters is 1. The predicted octanol–water partition coefficient (Wildman–Crippen LogP) is 3.48. The van der Waals surface area contributed by atoms with Crippen molar-refractivity contribution in [2.75, 3.05) is 20.8 Å². The third-order valence-electron chi connectivity index (χ3n) is 5.56. The van der Waals surface area contributed by atoms with E-state index in [-0.39, 0.29) is 12.2 Å². The molecule has 0 bridgehead atoms. The van der Waals surface area contributed by atoms with Crippen molar-refractivity contribution in [2.45, 2.75) is 19.9 Å². The number of aromatic nitrogens is 1. The molecule has 2 heterocycles. The second kappa shape index (κ2) is 10.6. The molecule has 0 aliphatic carbocycles. The van der Waals surface area contributed by atoms with Gasteiger partial charge in [0.25, 0.3) is 5.56 Å². The van der Waals surface area contributed by atoms with Crippen LogP contribution >= 0.6 is 11.3 Å². The van der Waals surface area contributed by atoms with Crippen molar-refractivity contribution in [3.8, 4) is 11.5 Å². The Morgan fingerprint density at radius 2 is 1.91 bits per heavy atom. The van der Waals surface area contributed by atoms with Gasteiger partial charge in [0.05, 0.1) is 42.7 Å². The van der Waals surface area contributed by atoms with E-state index in [1.54, 1.807) is 50.8 Å². The van der Waals surface area contributed by atoms with Gasteiger partial charge in [-0.3, -0.25) is 9.36 Å². The number of allylic oxidation sites excluding steroid dienone is 2. The standard InChI is InChI=1S/C27H26N2O5S/c1-5-34-26(31)24-17(2)28-27-29(21(24)14-11-18-9-7-6-8-10-18)25(30)23(35-27)15-19-12-13-20(32-3)16-22(19)33-4/h6-16,21H,5H2,1-4H3/b14-11+,23-15+/t21-/m0/s1. The fraction of sp³-hybridized carbons (Fsp3) is 0.222. The minimum absolute atomic E-state index is 0.229. The predicted molar refractivity (Wildman–Crippen MR) is 136 cm³/mol. The molecule has 1 aromatic heterocycles. The van der Waals surface area contributed by atoms with Crippen molar-refractivity contribution in [2.24, 2.45) is 4.99 Å². The highest BCUT2D eigenvalue weighted by molar-refractivity contribution is 7.07. The van der Waals surface area contributed by atoms with Crippen molar-refractivity contribution in [1.82, 2.24) is 4.57 Å². The molecule has 180 valence electrons. The molecular formula is C27H26N2O5S. The van der Waals surface area contributed by atoms with Crippen LogP contribution < -0.4 is 24.4 Å². The van der Waals surface area contributed by atoms with Crippen LogP contribution in [0.1, 0.15) is 31.0 Å². The Morgan fingerprint density at radius 1 is 1.14 bits per heavy atom. The summed E-state index contributed by atoms with van der Waals surface area (Å²) >= 11 is 1.26. The molecule has 0 saturated heterocycles. The molecule has 1 aliphatic heterocycles. The Kier molecular flexibility index (Phi) is 7.31. The van der Waals surface area contributed by atoms with Crippen LogP contribution in [0.2, 0.25) is 0 Å². The Bertz CT molecular complexity index is 1480. The third-order valence-corrected chi connectivity index (χ3v) is 6.54. The molecule has 0 fully saturated rings. The summed E-state index contributed by atoms with van der Waals surface area (Å²) < 4.78 is 18.1. The number of nitrogens with zero attached hydrogens (tertiary/aromatic N) is 2. The average Bonchev–Trinajstić information content (AvgIpc) is 3.17. The van der Waals surface area contributed by atoms with E-state index in [4.69, 9.17) is 14.2 Å². The lowest BCUT2D eigenvalue weighted by atomic mass is 10.0. The second-order valence-electron chi connectivity index (χ2n) is 7.72. The van der Waals surface area contributed by atoms with Crippen LogP contribution in [0.25, 0.3) is 12.2 Å². The van der Waals surface area contributed by atoms with Gasteiger partial charge >= 0.3 is 5.97 Å². The lowest BCUT2D eigenvalue weighted by Gasteiger charge is -2.21. The van der Waals surface area contributed by atoms with Crippen molar-refractivity contribution >= 4 is 29.5 Å². The molecule has 0 radical (unpaired) electrons. The SMILES string of the molecule is CCOC(=O)C1=C(C)N=c2s/c(=C/c3ccc(OC)cc3OC)c(=O)n2[C@H]1/C=C/c1ccccc1. The van der Waals surface area contributed by atoms with Gasteiger partial charge in [-0.1, -0.05) is 53.8 Å². The topological polar surface area (TPSA) is 79.1 Å². The molecule has 0 amide bonds. The van der Waals surface area contributed by atoms with Crippen LogP contribution in [0, 0.1) is 0 Å². The summed E-state index contributed by atoms with van der Waals surface area (Å²) in [5, 5.41) is 0. The van der Waals surface area contributed by atoms with E-state index in [1.807, 2.05) is 48.6 Å². The number of rotatable bonds is 7. The molecule has 1 atom stereocenters. The van der Waals surface area contributed by atoms with Crippen LogP contribution in [-0.4, -0.2) is 31.4 Å². The summed E-state index contributed by atoms with van der Waals surface area (Å²) in [4.78, 5) is 31.6. The lowest BCUT2D eigenvalue weighted by Crippen LogP contribution is -2.38. The zero-order valence-corrected chi connectivity index (χ0v) is 20.8. The smallest absolute Gasteiger partial charge is 0.338 e. The first-order valence-electron chi connectivity index (χ1n) is 11.1. The number of benzene rings is 2. The monoisotopic (exact) mass is 490 g/mol. The first-order chi connectivity index (χ1) is 17.0. The molecule has 35 heavy (non-hydrogen) atoms. The van der Waals surface area contributed by atoms with Gasteiger partial charge in [0, 0.05) is 11.6 Å². The Hall–Kier alpha value is -3.91. The van der Waals surface area contributed by atoms with Gasteiger partial charge in [-0.25, -0.2) is 9.79 Å². The summed E-state index contributed by atoms with van der Waals surface area (Å²) in [6.45, 7) is 3.74. The van der Waals surface area contributed by atoms with Crippen molar-refractivity contribution in [3.05, 3.63) is 96.7 Å². The van der Waals surface area contributed by atoms with Crippen LogP contribution in [0.3, 0.4) is 0 Å². The van der Waals surface area contributed by atoms with Gasteiger partial charge in [-0.05, 0) is 37.6 Å². The number of methoxy groups -OCH3 is 2. The van der Waals surface area contributed by atoms with Crippen LogP contribution in [0.5, 0.6) is 11.5 Å². The summed E-state index contributed by atoms with van der Waals surface area (Å²) in [5.41, 5.74) is 2.32. The van der Waals surface area contributed by atoms with Crippen molar-refractivity contribution < 1.29 is 19.0 Å². The van der Waals surface area contributed by atoms with Crippen molar-refractivity contribution in [3.63, 3.8) is 0 Å². The maximum atomic E-state index is 13.6. The number of ether oxygens (including phenoxy) is 3. The summed E-state index contributed by atoms with van der Waals surface area (Å²) in [6, 6.07) is 14.5. The highest BCUT2D eigenvalue weighted by atomic mass is 32.1. The molecule has 7 nitrogen and oxygen atoms in total. The number of thiazole rings is 1. The highest BCUT2D eigenvalue weighted by Crippen LogP contribution is 2.27. The van der Waals surface area contributed by atoms with E-state index < -0.39 is 12.0 Å². The summed E-state index contributed by atoms with van der Waals surface area (Å²) in [7, 11) is 3.15. The summed E-state index contributed by atoms with van der Waals surface area (Å²) in [6.07, 6.45) is 5.50. The van der Waals surface area contributed by atoms with Crippen molar-refractivity contribution in [1.29, 1.82) is 0 Å². The third kappa shape index (κ3) is 4.97. The Labute approximate surface area is 206 Å². The zero-order valence-electron chi connectivity index (χ0n) is 20.0. The molecule has 0 saturated carbocycles. The van der Waals surface area contributed by atoms with E-state index in [2.05, 4.69) is 4.99 Å². The summed E-state index contributed by atoms with van der Waals surface area (Å²) in [5.74, 6) is 0.753. The maximum absolute atomic E-state index is 13.6. The molecule has 3 aromatic rings. The van der Waals surface area contributed by atoms with Gasteiger partial charge in [-0.15, -0.1) is 0 Å². The minimum atomic E-state index is -0.648. The first kappa shape index (κ1) is 24.2. The first-order valence-corrected chi connectivity index (χ1v) is 11.9. The molecule has 0 spiro atoms. The van der Waals surface area contributed by atoms with Crippen LogP contribution in [-0.2, 0) is 9.53 Å². The van der Waals surface area contributed by atoms with Gasteiger partial charge in [0.2, 0.25) is 0 Å². The molecule has 8 heteroatoms. The van der Waals surface area contributed by atoms with Gasteiger partial charge in [0.15, 0.2) is 4.80 Å². The molecule has 0 N–H and O–H groups in total. The van der Waals surface area contributed by atoms with E-state index in [0.717, 1.165) is 11.1 Å². The van der Waals surface area contributed by atoms with Crippen LogP contribution in [0.15, 0.2) is 75.7 Å². The number of carbonyl (C=O) groups is 1. The molecule has 2 aromatic carbocycles. The quantitative estimate of drug-likeness (QED) is 0.474. The van der Waals surface area contributed by atoms with E-state index >= 15 is 0 Å². The molecule has 1 aliphatic rings. The fourth-order valence-electron chi connectivity index (χ4n) is 3.86. The molecule has 4 rings (SSSR count). The zero-order chi connectivity index (χ0) is 24.9. The van der Waals surface area contributed by atoms with E-state index in [1.165, 1.54) is 11.3 Å². The van der Waals surface area contributed by atoms with Crippen LogP contribution in [0.4, 0.5) is 0 Å². The maximum Gasteiger partial charge on any atom is 0.338 e. The average molecular weight is 491 g/mol. The number of hydrogen-bond acceptors (Lipinski definition) is 7.